The summed E-state index contributed by atoms with van der Waals surface area (Å²) in [7, 11) is 2.07. The molecule has 1 fully saturated rings. The highest BCUT2D eigenvalue weighted by molar-refractivity contribution is 5.68. The number of ether oxygens (including phenoxy) is 2. The molecule has 1 amide bonds. The number of likely N-dealkylation sites (N-methyl/N-ethyl adjacent to an activating group) is 1. The second-order valence-corrected chi connectivity index (χ2v) is 5.74. The van der Waals surface area contributed by atoms with Gasteiger partial charge in [-0.2, -0.15) is 0 Å². The second-order valence-electron chi connectivity index (χ2n) is 5.74. The first-order chi connectivity index (χ1) is 8.38. The van der Waals surface area contributed by atoms with E-state index in [1.165, 1.54) is 0 Å². The number of amides is 1. The van der Waals surface area contributed by atoms with Gasteiger partial charge in [-0.25, -0.2) is 4.79 Å². The minimum absolute atomic E-state index is 0.241. The lowest BCUT2D eigenvalue weighted by atomic mass is 10.2. The molecule has 0 spiro atoms. The molecule has 1 rings (SSSR count). The molecule has 0 radical (unpaired) electrons. The van der Waals surface area contributed by atoms with Gasteiger partial charge in [0.1, 0.15) is 5.60 Å². The van der Waals surface area contributed by atoms with Crippen molar-refractivity contribution in [2.45, 2.75) is 32.8 Å². The summed E-state index contributed by atoms with van der Waals surface area (Å²) >= 11 is 0. The maximum absolute atomic E-state index is 12.0. The van der Waals surface area contributed by atoms with Crippen molar-refractivity contribution in [3.05, 3.63) is 0 Å². The van der Waals surface area contributed by atoms with E-state index in [1.54, 1.807) is 4.90 Å². The molecule has 0 aromatic rings. The average Bonchev–Trinajstić information content (AvgIpc) is 2.24. The van der Waals surface area contributed by atoms with Crippen LogP contribution in [-0.2, 0) is 9.47 Å². The fraction of sp³-hybridized carbons (Fsp3) is 0.923. The molecule has 0 unspecified atom stereocenters. The number of rotatable bonds is 0. The molecular formula is C13H26N2O3. The first-order valence-electron chi connectivity index (χ1n) is 6.63. The normalized spacial score (nSPS) is 20.6. The molecule has 0 atom stereocenters. The summed E-state index contributed by atoms with van der Waals surface area (Å²) in [6.45, 7) is 10.2. The fourth-order valence-corrected chi connectivity index (χ4v) is 1.76. The molecule has 18 heavy (non-hydrogen) atoms. The first kappa shape index (κ1) is 15.2. The van der Waals surface area contributed by atoms with E-state index in [9.17, 15) is 4.79 Å². The predicted molar refractivity (Wildman–Crippen MR) is 70.7 cm³/mol. The van der Waals surface area contributed by atoms with E-state index >= 15 is 0 Å². The molecule has 1 saturated heterocycles. The Kier molecular flexibility index (Phi) is 5.88. The lowest BCUT2D eigenvalue weighted by Crippen LogP contribution is -2.41. The number of carbonyl (C=O) groups is 1. The maximum Gasteiger partial charge on any atom is 0.410 e. The van der Waals surface area contributed by atoms with Gasteiger partial charge in [-0.1, -0.05) is 0 Å². The van der Waals surface area contributed by atoms with Crippen molar-refractivity contribution in [1.82, 2.24) is 9.80 Å². The maximum atomic E-state index is 12.0. The Morgan fingerprint density at radius 3 is 2.44 bits per heavy atom. The SMILES string of the molecule is CN1CCCN(C(=O)OC(C)(C)C)CCOCC1. The van der Waals surface area contributed by atoms with E-state index < -0.39 is 5.60 Å². The Morgan fingerprint density at radius 1 is 1.11 bits per heavy atom. The zero-order valence-corrected chi connectivity index (χ0v) is 12.1. The van der Waals surface area contributed by atoms with Crippen LogP contribution < -0.4 is 0 Å². The Labute approximate surface area is 110 Å². The van der Waals surface area contributed by atoms with Gasteiger partial charge in [0.05, 0.1) is 13.2 Å². The Balaban J connectivity index is 2.48. The number of hydrogen-bond acceptors (Lipinski definition) is 4. The van der Waals surface area contributed by atoms with Gasteiger partial charge < -0.3 is 19.3 Å². The van der Waals surface area contributed by atoms with Crippen LogP contribution in [-0.4, -0.2) is 67.9 Å². The lowest BCUT2D eigenvalue weighted by molar-refractivity contribution is 0.0133. The number of nitrogens with zero attached hydrogens (tertiary/aromatic N) is 2. The molecule has 1 aliphatic rings. The molecule has 0 saturated carbocycles. The molecule has 5 nitrogen and oxygen atoms in total. The first-order valence-corrected chi connectivity index (χ1v) is 6.63. The minimum Gasteiger partial charge on any atom is -0.444 e. The van der Waals surface area contributed by atoms with Gasteiger partial charge in [-0.3, -0.25) is 0 Å². The lowest BCUT2D eigenvalue weighted by Gasteiger charge is -2.29. The molecule has 0 aromatic carbocycles. The third-order valence-corrected chi connectivity index (χ3v) is 2.74. The van der Waals surface area contributed by atoms with E-state index in [1.807, 2.05) is 20.8 Å². The van der Waals surface area contributed by atoms with Crippen LogP contribution in [0, 0.1) is 0 Å². The van der Waals surface area contributed by atoms with Crippen LogP contribution in [0.3, 0.4) is 0 Å². The van der Waals surface area contributed by atoms with Gasteiger partial charge >= 0.3 is 6.09 Å². The molecular weight excluding hydrogens is 232 g/mol. The summed E-state index contributed by atoms with van der Waals surface area (Å²) in [5.74, 6) is 0. The third kappa shape index (κ3) is 6.21. The van der Waals surface area contributed by atoms with Crippen molar-refractivity contribution in [3.63, 3.8) is 0 Å². The van der Waals surface area contributed by atoms with Gasteiger partial charge in [0.25, 0.3) is 0 Å². The molecule has 5 heteroatoms. The summed E-state index contributed by atoms with van der Waals surface area (Å²) in [4.78, 5) is 16.0. The summed E-state index contributed by atoms with van der Waals surface area (Å²) in [5, 5.41) is 0. The monoisotopic (exact) mass is 258 g/mol. The van der Waals surface area contributed by atoms with Gasteiger partial charge in [-0.15, -0.1) is 0 Å². The molecule has 0 N–H and O–H groups in total. The topological polar surface area (TPSA) is 42.0 Å². The highest BCUT2D eigenvalue weighted by Crippen LogP contribution is 2.10. The Bertz CT molecular complexity index is 263. The highest BCUT2D eigenvalue weighted by atomic mass is 16.6. The average molecular weight is 258 g/mol. The Hall–Kier alpha value is -0.810. The molecule has 1 heterocycles. The number of hydrogen-bond donors (Lipinski definition) is 0. The number of carbonyl (C=O) groups excluding carboxylic acids is 1. The van der Waals surface area contributed by atoms with Crippen LogP contribution >= 0.6 is 0 Å². The van der Waals surface area contributed by atoms with E-state index in [0.717, 1.165) is 32.7 Å². The van der Waals surface area contributed by atoms with Gasteiger partial charge in [0.15, 0.2) is 0 Å². The van der Waals surface area contributed by atoms with Gasteiger partial charge in [0.2, 0.25) is 0 Å². The summed E-state index contributed by atoms with van der Waals surface area (Å²) in [5.41, 5.74) is -0.440. The van der Waals surface area contributed by atoms with E-state index in [-0.39, 0.29) is 6.09 Å². The van der Waals surface area contributed by atoms with Crippen LogP contribution in [0.1, 0.15) is 27.2 Å². The zero-order chi connectivity index (χ0) is 13.6. The van der Waals surface area contributed by atoms with Crippen LogP contribution in [0.2, 0.25) is 0 Å². The van der Waals surface area contributed by atoms with E-state index in [4.69, 9.17) is 9.47 Å². The van der Waals surface area contributed by atoms with Gasteiger partial charge in [0, 0.05) is 19.6 Å². The molecule has 1 aliphatic heterocycles. The Morgan fingerprint density at radius 2 is 1.78 bits per heavy atom. The zero-order valence-electron chi connectivity index (χ0n) is 12.1. The van der Waals surface area contributed by atoms with Crippen molar-refractivity contribution in [2.24, 2.45) is 0 Å². The summed E-state index contributed by atoms with van der Waals surface area (Å²) in [6, 6.07) is 0. The van der Waals surface area contributed by atoms with Crippen molar-refractivity contribution < 1.29 is 14.3 Å². The summed E-state index contributed by atoms with van der Waals surface area (Å²) in [6.07, 6.45) is 0.727. The van der Waals surface area contributed by atoms with E-state index in [2.05, 4.69) is 11.9 Å². The summed E-state index contributed by atoms with van der Waals surface area (Å²) < 4.78 is 10.9. The van der Waals surface area contributed by atoms with Crippen molar-refractivity contribution >= 4 is 6.09 Å². The second kappa shape index (κ2) is 6.95. The van der Waals surface area contributed by atoms with E-state index in [0.29, 0.717) is 13.2 Å². The molecule has 0 aromatic heterocycles. The van der Waals surface area contributed by atoms with Crippen molar-refractivity contribution in [3.8, 4) is 0 Å². The van der Waals surface area contributed by atoms with Crippen LogP contribution in [0.15, 0.2) is 0 Å². The van der Waals surface area contributed by atoms with Crippen LogP contribution in [0.5, 0.6) is 0 Å². The highest BCUT2D eigenvalue weighted by Gasteiger charge is 2.22. The fourth-order valence-electron chi connectivity index (χ4n) is 1.76. The van der Waals surface area contributed by atoms with Crippen molar-refractivity contribution in [2.75, 3.05) is 46.4 Å². The van der Waals surface area contributed by atoms with Crippen LogP contribution in [0.4, 0.5) is 4.79 Å². The quantitative estimate of drug-likeness (QED) is 0.661. The van der Waals surface area contributed by atoms with Gasteiger partial charge in [-0.05, 0) is 40.8 Å². The smallest absolute Gasteiger partial charge is 0.410 e. The molecule has 0 bridgehead atoms. The largest absolute Gasteiger partial charge is 0.444 e. The standard InChI is InChI=1S/C13H26N2O3/c1-13(2,3)18-12(16)15-7-5-6-14(4)8-10-17-11-9-15/h5-11H2,1-4H3. The molecule has 106 valence electrons. The third-order valence-electron chi connectivity index (χ3n) is 2.74. The van der Waals surface area contributed by atoms with Crippen molar-refractivity contribution in [1.29, 1.82) is 0 Å². The molecule has 0 aliphatic carbocycles. The minimum atomic E-state index is -0.440. The predicted octanol–water partition coefficient (Wildman–Crippen LogP) is 1.58. The van der Waals surface area contributed by atoms with Crippen LogP contribution in [0.25, 0.3) is 0 Å².